The molecule has 12 aromatic carbocycles. The molecular formula is C76H60F2N2O. The largest absolute Gasteiger partial charge is 0.455 e. The first-order valence-electron chi connectivity index (χ1n) is 27.8. The van der Waals surface area contributed by atoms with Crippen molar-refractivity contribution >= 4 is 77.6 Å². The summed E-state index contributed by atoms with van der Waals surface area (Å²) in [7, 11) is 0. The number of fused-ring (bicyclic) bond motifs is 8. The molecule has 0 amide bonds. The maximum atomic E-state index is 17.9. The summed E-state index contributed by atoms with van der Waals surface area (Å²) in [5, 5.41) is 5.87. The number of furan rings is 1. The fourth-order valence-corrected chi connectivity index (χ4v) is 11.6. The molecule has 3 nitrogen and oxygen atoms in total. The van der Waals surface area contributed by atoms with Crippen molar-refractivity contribution in [3.63, 3.8) is 0 Å². The first kappa shape index (κ1) is 50.9. The molecule has 0 unspecified atom stereocenters. The van der Waals surface area contributed by atoms with E-state index in [4.69, 9.17) is 4.42 Å². The summed E-state index contributed by atoms with van der Waals surface area (Å²) in [6.07, 6.45) is 0. The lowest BCUT2D eigenvalue weighted by Gasteiger charge is -2.29. The van der Waals surface area contributed by atoms with Crippen LogP contribution in [-0.2, 0) is 10.8 Å². The van der Waals surface area contributed by atoms with E-state index in [1.54, 1.807) is 0 Å². The van der Waals surface area contributed by atoms with Crippen molar-refractivity contribution in [3.8, 4) is 44.5 Å². The van der Waals surface area contributed by atoms with E-state index in [1.807, 2.05) is 126 Å². The van der Waals surface area contributed by atoms with E-state index in [-0.39, 0.29) is 22.5 Å². The summed E-state index contributed by atoms with van der Waals surface area (Å²) >= 11 is 0. The summed E-state index contributed by atoms with van der Waals surface area (Å²) in [5.74, 6) is -0.656. The molecule has 0 fully saturated rings. The minimum absolute atomic E-state index is 0.0889. The van der Waals surface area contributed by atoms with Crippen molar-refractivity contribution in [3.05, 3.63) is 278 Å². The van der Waals surface area contributed by atoms with Gasteiger partial charge in [0, 0.05) is 56.1 Å². The maximum absolute atomic E-state index is 17.9. The second-order valence-electron chi connectivity index (χ2n) is 23.2. The fraction of sp³-hybridized carbons (Fsp3) is 0.105. The molecule has 5 heteroatoms. The van der Waals surface area contributed by atoms with Crippen LogP contribution in [0.4, 0.5) is 42.9 Å². The molecule has 0 aliphatic heterocycles. The minimum atomic E-state index is -0.333. The Kier molecular flexibility index (Phi) is 12.7. The summed E-state index contributed by atoms with van der Waals surface area (Å²) in [6.45, 7) is 13.2. The number of nitrogens with zero attached hydrogens (tertiary/aromatic N) is 2. The Morgan fingerprint density at radius 2 is 0.691 bits per heavy atom. The molecule has 0 saturated carbocycles. The second-order valence-corrected chi connectivity index (χ2v) is 23.2. The van der Waals surface area contributed by atoms with Crippen LogP contribution < -0.4 is 9.80 Å². The smallest absolute Gasteiger partial charge is 0.155 e. The van der Waals surface area contributed by atoms with Crippen LogP contribution >= 0.6 is 0 Å². The van der Waals surface area contributed by atoms with Gasteiger partial charge in [-0.2, -0.15) is 0 Å². The van der Waals surface area contributed by atoms with E-state index in [0.29, 0.717) is 28.1 Å². The third-order valence-electron chi connectivity index (χ3n) is 15.9. The van der Waals surface area contributed by atoms with Gasteiger partial charge < -0.3 is 14.2 Å². The third-order valence-corrected chi connectivity index (χ3v) is 15.9. The first-order valence-corrected chi connectivity index (χ1v) is 27.8. The monoisotopic (exact) mass is 1050 g/mol. The van der Waals surface area contributed by atoms with E-state index in [2.05, 4.69) is 180 Å². The Bertz CT molecular complexity index is 4460. The molecule has 0 N–H and O–H groups in total. The summed E-state index contributed by atoms with van der Waals surface area (Å²) in [4.78, 5) is 4.08. The maximum Gasteiger partial charge on any atom is 0.155 e. The van der Waals surface area contributed by atoms with Crippen LogP contribution in [0, 0.1) is 11.6 Å². The van der Waals surface area contributed by atoms with Crippen molar-refractivity contribution in [2.45, 2.75) is 52.4 Å². The average Bonchev–Trinajstić information content (AvgIpc) is 4.17. The Morgan fingerprint density at radius 3 is 1.14 bits per heavy atom. The van der Waals surface area contributed by atoms with Gasteiger partial charge >= 0.3 is 0 Å². The van der Waals surface area contributed by atoms with Crippen LogP contribution in [0.25, 0.3) is 88.0 Å². The predicted molar refractivity (Wildman–Crippen MR) is 337 cm³/mol. The van der Waals surface area contributed by atoms with Crippen LogP contribution in [0.3, 0.4) is 0 Å². The quantitative estimate of drug-likeness (QED) is 0.127. The average molecular weight is 1060 g/mol. The molecule has 13 rings (SSSR count). The van der Waals surface area contributed by atoms with Gasteiger partial charge in [0.25, 0.3) is 0 Å². The summed E-state index contributed by atoms with van der Waals surface area (Å²) in [6, 6.07) is 85.9. The molecule has 1 aromatic heterocycles. The van der Waals surface area contributed by atoms with Crippen molar-refractivity contribution in [1.82, 2.24) is 0 Å². The van der Waals surface area contributed by atoms with E-state index < -0.39 is 0 Å². The summed E-state index contributed by atoms with van der Waals surface area (Å²) < 4.78 is 43.0. The Balaban J connectivity index is 1.02. The lowest BCUT2D eigenvalue weighted by atomic mass is 9.87. The van der Waals surface area contributed by atoms with E-state index in [1.165, 1.54) is 11.1 Å². The highest BCUT2D eigenvalue weighted by Crippen LogP contribution is 2.49. The van der Waals surface area contributed by atoms with Crippen molar-refractivity contribution in [2.75, 3.05) is 9.80 Å². The van der Waals surface area contributed by atoms with E-state index in [0.717, 1.165) is 94.0 Å². The van der Waals surface area contributed by atoms with E-state index >= 15 is 8.78 Å². The highest BCUT2D eigenvalue weighted by Gasteiger charge is 2.27. The standard InChI is InChI=1S/C76H60F2N2O/c1-75(2,3)55-31-35-57(36-32-55)79(68-45-53(49-21-11-7-12-22-49)43-65(72(68)77)51-25-15-9-16-26-51)59-39-41-63-67(47-59)61-29-19-20-30-62(61)71-64-42-40-60(48-70(64)81-74(63)71)80(58-37-33-56(34-38-58)76(4,5)6)69-46-54(50-23-13-8-14-24-50)44-66(73(69)78)52-27-17-10-18-28-52/h7-48H,1-6H3. The van der Waals surface area contributed by atoms with Gasteiger partial charge in [-0.05, 0) is 150 Å². The molecule has 81 heavy (non-hydrogen) atoms. The van der Waals surface area contributed by atoms with E-state index in [9.17, 15) is 0 Å². The van der Waals surface area contributed by atoms with Crippen LogP contribution in [0.1, 0.15) is 52.7 Å². The lowest BCUT2D eigenvalue weighted by Crippen LogP contribution is -2.14. The molecular weight excluding hydrogens is 995 g/mol. The Morgan fingerprint density at radius 1 is 0.309 bits per heavy atom. The Hall–Kier alpha value is -9.58. The molecule has 13 aromatic rings. The van der Waals surface area contributed by atoms with Gasteiger partial charge in [-0.15, -0.1) is 0 Å². The highest BCUT2D eigenvalue weighted by atomic mass is 19.1. The topological polar surface area (TPSA) is 19.6 Å². The van der Waals surface area contributed by atoms with Crippen LogP contribution in [0.15, 0.2) is 259 Å². The molecule has 1 heterocycles. The SMILES string of the molecule is CC(C)(C)c1ccc(N(c2ccc3c(c2)oc2c4ccc(N(c5ccc(C(C)(C)C)cc5)c5cc(-c6ccccc6)cc(-c6ccccc6)c5F)cc4c4ccccc4c32)c2cc(-c3ccccc3)cc(-c3ccccc3)c2F)cc1. The van der Waals surface area contributed by atoms with Gasteiger partial charge in [-0.3, -0.25) is 0 Å². The minimum Gasteiger partial charge on any atom is -0.455 e. The van der Waals surface area contributed by atoms with Gasteiger partial charge in [0.15, 0.2) is 11.6 Å². The molecule has 0 radical (unpaired) electrons. The third kappa shape index (κ3) is 9.38. The van der Waals surface area contributed by atoms with Crippen molar-refractivity contribution in [2.24, 2.45) is 0 Å². The van der Waals surface area contributed by atoms with Crippen LogP contribution in [0.5, 0.6) is 0 Å². The zero-order chi connectivity index (χ0) is 55.6. The zero-order valence-corrected chi connectivity index (χ0v) is 46.3. The number of rotatable bonds is 10. The van der Waals surface area contributed by atoms with Crippen molar-refractivity contribution in [1.29, 1.82) is 0 Å². The van der Waals surface area contributed by atoms with Gasteiger partial charge in [0.1, 0.15) is 11.2 Å². The lowest BCUT2D eigenvalue weighted by molar-refractivity contribution is 0.590. The van der Waals surface area contributed by atoms with Crippen LogP contribution in [-0.4, -0.2) is 0 Å². The van der Waals surface area contributed by atoms with Crippen molar-refractivity contribution < 1.29 is 13.2 Å². The molecule has 0 aliphatic rings. The molecule has 394 valence electrons. The first-order chi connectivity index (χ1) is 39.3. The van der Waals surface area contributed by atoms with Gasteiger partial charge in [0.05, 0.1) is 11.4 Å². The number of hydrogen-bond acceptors (Lipinski definition) is 3. The molecule has 0 saturated heterocycles. The predicted octanol–water partition coefficient (Wildman–Crippen LogP) is 22.4. The highest BCUT2D eigenvalue weighted by molar-refractivity contribution is 6.30. The Labute approximate surface area is 472 Å². The normalized spacial score (nSPS) is 12.0. The van der Waals surface area contributed by atoms with Crippen LogP contribution in [0.2, 0.25) is 0 Å². The van der Waals surface area contributed by atoms with Gasteiger partial charge in [0.2, 0.25) is 0 Å². The summed E-state index contributed by atoms with van der Waals surface area (Å²) in [5.41, 5.74) is 14.0. The molecule has 0 aliphatic carbocycles. The number of halogens is 2. The van der Waals surface area contributed by atoms with Gasteiger partial charge in [-0.25, -0.2) is 8.78 Å². The zero-order valence-electron chi connectivity index (χ0n) is 46.3. The molecule has 0 spiro atoms. The second kappa shape index (κ2) is 20.3. The number of hydrogen-bond donors (Lipinski definition) is 0. The fourth-order valence-electron chi connectivity index (χ4n) is 11.6. The molecule has 0 bridgehead atoms. The van der Waals surface area contributed by atoms with Gasteiger partial charge in [-0.1, -0.05) is 211 Å². The molecule has 0 atom stereocenters. The number of benzene rings is 12. The number of anilines is 6.